The lowest BCUT2D eigenvalue weighted by atomic mass is 10.0. The van der Waals surface area contributed by atoms with Gasteiger partial charge >= 0.3 is 0 Å². The maximum absolute atomic E-state index is 9.08. The van der Waals surface area contributed by atoms with Gasteiger partial charge in [0.1, 0.15) is 0 Å². The van der Waals surface area contributed by atoms with Crippen molar-refractivity contribution in [2.45, 2.75) is 52.1 Å². The van der Waals surface area contributed by atoms with Gasteiger partial charge in [0.15, 0.2) is 5.96 Å². The number of nitrogens with zero attached hydrogens (tertiary/aromatic N) is 1. The maximum Gasteiger partial charge on any atom is 0.191 e. The highest BCUT2D eigenvalue weighted by Crippen LogP contribution is 2.12. The van der Waals surface area contributed by atoms with Crippen LogP contribution < -0.4 is 10.6 Å². The van der Waals surface area contributed by atoms with Crippen LogP contribution in [0.1, 0.15) is 46.0 Å². The molecule has 3 N–H and O–H groups in total. The summed E-state index contributed by atoms with van der Waals surface area (Å²) in [6, 6.07) is 0. The van der Waals surface area contributed by atoms with Gasteiger partial charge in [-0.25, -0.2) is 0 Å². The Morgan fingerprint density at radius 2 is 2.20 bits per heavy atom. The number of ether oxygens (including phenoxy) is 1. The fourth-order valence-corrected chi connectivity index (χ4v) is 2.50. The number of aliphatic hydroxyl groups is 1. The third kappa shape index (κ3) is 7.10. The van der Waals surface area contributed by atoms with Gasteiger partial charge in [0.25, 0.3) is 0 Å². The molecule has 118 valence electrons. The van der Waals surface area contributed by atoms with Crippen molar-refractivity contribution in [3.8, 4) is 0 Å². The molecule has 0 aliphatic carbocycles. The largest absolute Gasteiger partial charge is 0.396 e. The van der Waals surface area contributed by atoms with Crippen molar-refractivity contribution in [2.75, 3.05) is 32.8 Å². The molecule has 0 spiro atoms. The van der Waals surface area contributed by atoms with Gasteiger partial charge in [0.2, 0.25) is 0 Å². The second-order valence-corrected chi connectivity index (χ2v) is 5.40. The average Bonchev–Trinajstić information content (AvgIpc) is 2.95. The fourth-order valence-electron chi connectivity index (χ4n) is 2.50. The first-order valence-electron chi connectivity index (χ1n) is 8.04. The van der Waals surface area contributed by atoms with E-state index in [1.165, 1.54) is 0 Å². The van der Waals surface area contributed by atoms with E-state index in [1.54, 1.807) is 0 Å². The molecule has 1 aliphatic rings. The van der Waals surface area contributed by atoms with Crippen LogP contribution >= 0.6 is 0 Å². The summed E-state index contributed by atoms with van der Waals surface area (Å²) < 4.78 is 5.61. The Balaban J connectivity index is 2.38. The van der Waals surface area contributed by atoms with Crippen LogP contribution in [0.2, 0.25) is 0 Å². The molecule has 0 saturated carbocycles. The Morgan fingerprint density at radius 1 is 1.35 bits per heavy atom. The molecule has 2 atom stereocenters. The molecule has 0 aromatic rings. The van der Waals surface area contributed by atoms with E-state index in [2.05, 4.69) is 29.5 Å². The van der Waals surface area contributed by atoms with E-state index in [0.29, 0.717) is 12.0 Å². The maximum atomic E-state index is 9.08. The van der Waals surface area contributed by atoms with Crippen molar-refractivity contribution in [1.29, 1.82) is 0 Å². The van der Waals surface area contributed by atoms with E-state index in [9.17, 15) is 0 Å². The SMILES string of the molecule is CCCC(CCO)CN=C(NCC)NCC1CCCO1. The second-order valence-electron chi connectivity index (χ2n) is 5.40. The summed E-state index contributed by atoms with van der Waals surface area (Å²) in [6.07, 6.45) is 5.71. The van der Waals surface area contributed by atoms with Crippen molar-refractivity contribution in [2.24, 2.45) is 10.9 Å². The summed E-state index contributed by atoms with van der Waals surface area (Å²) in [5, 5.41) is 15.7. The summed E-state index contributed by atoms with van der Waals surface area (Å²) in [5.41, 5.74) is 0. The van der Waals surface area contributed by atoms with Crippen LogP contribution in [0.15, 0.2) is 4.99 Å². The quantitative estimate of drug-likeness (QED) is 0.444. The Hall–Kier alpha value is -0.810. The Kier molecular flexibility index (Phi) is 9.41. The molecule has 5 heteroatoms. The number of aliphatic hydroxyl groups excluding tert-OH is 1. The molecule has 0 aromatic carbocycles. The minimum atomic E-state index is 0.250. The number of aliphatic imine (C=N–C) groups is 1. The van der Waals surface area contributed by atoms with E-state index in [4.69, 9.17) is 9.84 Å². The van der Waals surface area contributed by atoms with Crippen molar-refractivity contribution in [3.05, 3.63) is 0 Å². The fraction of sp³-hybridized carbons (Fsp3) is 0.933. The standard InChI is InChI=1S/C15H31N3O2/c1-3-6-13(8-9-19)11-17-15(16-4-2)18-12-14-7-5-10-20-14/h13-14,19H,3-12H2,1-2H3,(H2,16,17,18). The van der Waals surface area contributed by atoms with Gasteiger partial charge in [-0.1, -0.05) is 13.3 Å². The Bertz CT molecular complexity index is 260. The Labute approximate surface area is 123 Å². The van der Waals surface area contributed by atoms with Crippen molar-refractivity contribution in [1.82, 2.24) is 10.6 Å². The first kappa shape index (κ1) is 17.2. The van der Waals surface area contributed by atoms with Crippen molar-refractivity contribution >= 4 is 5.96 Å². The number of rotatable bonds is 9. The third-order valence-electron chi connectivity index (χ3n) is 3.61. The molecular formula is C15H31N3O2. The van der Waals surface area contributed by atoms with Crippen molar-refractivity contribution in [3.63, 3.8) is 0 Å². The van der Waals surface area contributed by atoms with Crippen LogP contribution in [0.4, 0.5) is 0 Å². The number of hydrogen-bond donors (Lipinski definition) is 3. The molecular weight excluding hydrogens is 254 g/mol. The van der Waals surface area contributed by atoms with Crippen LogP contribution in [0.25, 0.3) is 0 Å². The molecule has 2 unspecified atom stereocenters. The molecule has 5 nitrogen and oxygen atoms in total. The van der Waals surface area contributed by atoms with Crippen molar-refractivity contribution < 1.29 is 9.84 Å². The van der Waals surface area contributed by atoms with Crippen LogP contribution in [0.5, 0.6) is 0 Å². The lowest BCUT2D eigenvalue weighted by Crippen LogP contribution is -2.41. The summed E-state index contributed by atoms with van der Waals surface area (Å²) in [5.74, 6) is 1.34. The smallest absolute Gasteiger partial charge is 0.191 e. The van der Waals surface area contributed by atoms with Gasteiger partial charge in [-0.3, -0.25) is 4.99 Å². The van der Waals surface area contributed by atoms with Crippen LogP contribution in [0.3, 0.4) is 0 Å². The zero-order chi connectivity index (χ0) is 14.6. The summed E-state index contributed by atoms with van der Waals surface area (Å²) in [4.78, 5) is 4.64. The van der Waals surface area contributed by atoms with Gasteiger partial charge in [-0.15, -0.1) is 0 Å². The molecule has 0 bridgehead atoms. The predicted octanol–water partition coefficient (Wildman–Crippen LogP) is 1.52. The average molecular weight is 285 g/mol. The van der Waals surface area contributed by atoms with Crippen LogP contribution in [-0.4, -0.2) is 50.0 Å². The normalized spacial score (nSPS) is 20.9. The van der Waals surface area contributed by atoms with E-state index in [1.807, 2.05) is 0 Å². The molecule has 0 radical (unpaired) electrons. The van der Waals surface area contributed by atoms with Gasteiger partial charge in [0.05, 0.1) is 6.10 Å². The molecule has 20 heavy (non-hydrogen) atoms. The van der Waals surface area contributed by atoms with Gasteiger partial charge in [-0.05, 0) is 38.5 Å². The first-order chi connectivity index (χ1) is 9.80. The van der Waals surface area contributed by atoms with E-state index in [0.717, 1.165) is 64.3 Å². The monoisotopic (exact) mass is 285 g/mol. The van der Waals surface area contributed by atoms with Crippen LogP contribution in [-0.2, 0) is 4.74 Å². The molecule has 0 aromatic heterocycles. The molecule has 1 fully saturated rings. The highest BCUT2D eigenvalue weighted by atomic mass is 16.5. The predicted molar refractivity (Wildman–Crippen MR) is 83.1 cm³/mol. The lowest BCUT2D eigenvalue weighted by Gasteiger charge is -2.17. The topological polar surface area (TPSA) is 65.9 Å². The minimum Gasteiger partial charge on any atom is -0.396 e. The van der Waals surface area contributed by atoms with E-state index >= 15 is 0 Å². The third-order valence-corrected chi connectivity index (χ3v) is 3.61. The number of guanidine groups is 1. The molecule has 1 rings (SSSR count). The van der Waals surface area contributed by atoms with E-state index < -0.39 is 0 Å². The molecule has 0 amide bonds. The van der Waals surface area contributed by atoms with Crippen LogP contribution in [0, 0.1) is 5.92 Å². The first-order valence-corrected chi connectivity index (χ1v) is 8.04. The summed E-state index contributed by atoms with van der Waals surface area (Å²) in [7, 11) is 0. The Morgan fingerprint density at radius 3 is 2.80 bits per heavy atom. The zero-order valence-corrected chi connectivity index (χ0v) is 13.0. The van der Waals surface area contributed by atoms with Gasteiger partial charge in [0, 0.05) is 32.8 Å². The van der Waals surface area contributed by atoms with Gasteiger partial charge in [-0.2, -0.15) is 0 Å². The minimum absolute atomic E-state index is 0.250. The number of hydrogen-bond acceptors (Lipinski definition) is 3. The molecule has 1 saturated heterocycles. The highest BCUT2D eigenvalue weighted by Gasteiger charge is 2.15. The zero-order valence-electron chi connectivity index (χ0n) is 13.0. The van der Waals surface area contributed by atoms with Gasteiger partial charge < -0.3 is 20.5 Å². The molecule has 1 aliphatic heterocycles. The summed E-state index contributed by atoms with van der Waals surface area (Å²) >= 11 is 0. The summed E-state index contributed by atoms with van der Waals surface area (Å²) in [6.45, 7) is 7.83. The second kappa shape index (κ2) is 10.9. The van der Waals surface area contributed by atoms with E-state index in [-0.39, 0.29) is 6.61 Å². The molecule has 1 heterocycles. The lowest BCUT2D eigenvalue weighted by molar-refractivity contribution is 0.114. The highest BCUT2D eigenvalue weighted by molar-refractivity contribution is 5.79. The number of nitrogens with one attached hydrogen (secondary N) is 2.